The summed E-state index contributed by atoms with van der Waals surface area (Å²) in [5, 5.41) is 5.41. The number of fused-ring (bicyclic) bond motifs is 1. The summed E-state index contributed by atoms with van der Waals surface area (Å²) >= 11 is 0. The highest BCUT2D eigenvalue weighted by atomic mass is 16.5. The molecule has 142 valence electrons. The van der Waals surface area contributed by atoms with E-state index in [9.17, 15) is 14.4 Å². The van der Waals surface area contributed by atoms with Crippen molar-refractivity contribution in [1.82, 2.24) is 10.2 Å². The van der Waals surface area contributed by atoms with Crippen LogP contribution in [0.3, 0.4) is 0 Å². The van der Waals surface area contributed by atoms with Crippen LogP contribution in [-0.2, 0) is 9.59 Å². The van der Waals surface area contributed by atoms with Crippen molar-refractivity contribution in [3.8, 4) is 5.75 Å². The Labute approximate surface area is 157 Å². The van der Waals surface area contributed by atoms with Gasteiger partial charge >= 0.3 is 6.03 Å². The minimum atomic E-state index is -0.405. The number of nitrogens with one attached hydrogen (secondary N) is 2. The van der Waals surface area contributed by atoms with Gasteiger partial charge in [-0.25, -0.2) is 4.79 Å². The van der Waals surface area contributed by atoms with Crippen LogP contribution in [0, 0.1) is 23.7 Å². The standard InChI is InChI=1S/C20H23N3O4/c1-27-15-5-3-2-4-14(15)22-20(26)21-10-11-23-18(24)16-12-6-7-13(9-8-12)17(16)19(23)25/h2-7,12-13,16-17H,8-11H2,1H3,(H2,21,22,26)/t12-,13-,16-,17-/m0/s1. The number of carbonyl (C=O) groups is 3. The quantitative estimate of drug-likeness (QED) is 0.614. The van der Waals surface area contributed by atoms with E-state index in [0.717, 1.165) is 12.8 Å². The van der Waals surface area contributed by atoms with E-state index in [-0.39, 0.29) is 48.6 Å². The van der Waals surface area contributed by atoms with Crippen molar-refractivity contribution < 1.29 is 19.1 Å². The summed E-state index contributed by atoms with van der Waals surface area (Å²) in [6.07, 6.45) is 6.16. The normalized spacial score (nSPS) is 28.3. The van der Waals surface area contributed by atoms with Gasteiger partial charge in [-0.3, -0.25) is 14.5 Å². The predicted molar refractivity (Wildman–Crippen MR) is 99.1 cm³/mol. The molecule has 1 saturated heterocycles. The fourth-order valence-corrected chi connectivity index (χ4v) is 4.55. The van der Waals surface area contributed by atoms with E-state index < -0.39 is 6.03 Å². The Bertz CT molecular complexity index is 774. The van der Waals surface area contributed by atoms with Gasteiger partial charge in [0, 0.05) is 13.1 Å². The van der Waals surface area contributed by atoms with E-state index in [1.165, 1.54) is 12.0 Å². The van der Waals surface area contributed by atoms with Crippen LogP contribution in [0.1, 0.15) is 12.8 Å². The van der Waals surface area contributed by atoms with Crippen LogP contribution in [-0.4, -0.2) is 42.9 Å². The average Bonchev–Trinajstić information content (AvgIpc) is 2.96. The van der Waals surface area contributed by atoms with Gasteiger partial charge in [-0.15, -0.1) is 0 Å². The summed E-state index contributed by atoms with van der Waals surface area (Å²) in [6.45, 7) is 0.407. The summed E-state index contributed by atoms with van der Waals surface area (Å²) in [6, 6.07) is 6.69. The van der Waals surface area contributed by atoms with Gasteiger partial charge in [0.25, 0.3) is 0 Å². The monoisotopic (exact) mass is 369 g/mol. The number of likely N-dealkylation sites (tertiary alicyclic amines) is 1. The zero-order valence-electron chi connectivity index (χ0n) is 15.2. The van der Waals surface area contributed by atoms with Crippen LogP contribution in [0.5, 0.6) is 5.75 Å². The summed E-state index contributed by atoms with van der Waals surface area (Å²) in [5.74, 6) is 0.343. The van der Waals surface area contributed by atoms with Crippen LogP contribution in [0.15, 0.2) is 36.4 Å². The van der Waals surface area contributed by atoms with E-state index in [4.69, 9.17) is 4.74 Å². The molecule has 4 atom stereocenters. The number of hydrogen-bond donors (Lipinski definition) is 2. The average molecular weight is 369 g/mol. The lowest BCUT2D eigenvalue weighted by Crippen LogP contribution is -2.40. The first-order valence-electron chi connectivity index (χ1n) is 9.31. The van der Waals surface area contributed by atoms with E-state index in [2.05, 4.69) is 22.8 Å². The van der Waals surface area contributed by atoms with Crippen molar-refractivity contribution in [3.63, 3.8) is 0 Å². The Kier molecular flexibility index (Phi) is 4.59. The lowest BCUT2D eigenvalue weighted by molar-refractivity contribution is -0.140. The lowest BCUT2D eigenvalue weighted by Gasteiger charge is -2.38. The Morgan fingerprint density at radius 3 is 2.33 bits per heavy atom. The third kappa shape index (κ3) is 3.07. The molecule has 0 unspecified atom stereocenters. The SMILES string of the molecule is COc1ccccc1NC(=O)NCCN1C(=O)[C@@H]2[C@@H](C1=O)[C@H]1C=C[C@H]2CC1. The van der Waals surface area contributed by atoms with Crippen molar-refractivity contribution in [2.45, 2.75) is 12.8 Å². The number of allylic oxidation sites excluding steroid dienone is 2. The molecule has 3 aliphatic carbocycles. The second-order valence-electron chi connectivity index (χ2n) is 7.25. The third-order valence-electron chi connectivity index (χ3n) is 5.83. The second kappa shape index (κ2) is 7.06. The maximum Gasteiger partial charge on any atom is 0.319 e. The van der Waals surface area contributed by atoms with Gasteiger partial charge in [-0.2, -0.15) is 0 Å². The van der Waals surface area contributed by atoms with Crippen LogP contribution in [0.4, 0.5) is 10.5 Å². The fourth-order valence-electron chi connectivity index (χ4n) is 4.55. The van der Waals surface area contributed by atoms with Gasteiger partial charge in [-0.05, 0) is 36.8 Å². The number of para-hydroxylation sites is 2. The number of anilines is 1. The molecular formula is C20H23N3O4. The van der Waals surface area contributed by atoms with Crippen molar-refractivity contribution in [1.29, 1.82) is 0 Å². The molecule has 2 bridgehead atoms. The predicted octanol–water partition coefficient (Wildman–Crippen LogP) is 2.01. The molecule has 4 aliphatic rings. The van der Waals surface area contributed by atoms with Gasteiger partial charge in [0.2, 0.25) is 11.8 Å². The molecular weight excluding hydrogens is 346 g/mol. The minimum absolute atomic E-state index is 0.0870. The van der Waals surface area contributed by atoms with Crippen LogP contribution >= 0.6 is 0 Å². The Morgan fingerprint density at radius 1 is 1.11 bits per heavy atom. The summed E-state index contributed by atoms with van der Waals surface area (Å²) in [5.41, 5.74) is 0.555. The molecule has 0 spiro atoms. The molecule has 1 aliphatic heterocycles. The van der Waals surface area contributed by atoms with Crippen molar-refractivity contribution >= 4 is 23.5 Å². The van der Waals surface area contributed by atoms with Gasteiger partial charge < -0.3 is 15.4 Å². The van der Waals surface area contributed by atoms with E-state index >= 15 is 0 Å². The van der Waals surface area contributed by atoms with Crippen molar-refractivity contribution in [3.05, 3.63) is 36.4 Å². The number of ether oxygens (including phenoxy) is 1. The molecule has 1 aromatic rings. The maximum absolute atomic E-state index is 12.7. The number of benzene rings is 1. The van der Waals surface area contributed by atoms with Gasteiger partial charge in [0.05, 0.1) is 24.6 Å². The molecule has 4 amide bonds. The maximum atomic E-state index is 12.7. The third-order valence-corrected chi connectivity index (χ3v) is 5.83. The first-order valence-corrected chi connectivity index (χ1v) is 9.31. The van der Waals surface area contributed by atoms with Crippen LogP contribution < -0.4 is 15.4 Å². The van der Waals surface area contributed by atoms with Gasteiger partial charge in [-0.1, -0.05) is 24.3 Å². The Balaban J connectivity index is 1.32. The first-order chi connectivity index (χ1) is 13.1. The number of methoxy groups -OCH3 is 1. The highest BCUT2D eigenvalue weighted by Crippen LogP contribution is 2.49. The Hall–Kier alpha value is -2.83. The molecule has 0 radical (unpaired) electrons. The highest BCUT2D eigenvalue weighted by Gasteiger charge is 2.56. The van der Waals surface area contributed by atoms with Gasteiger partial charge in [0.1, 0.15) is 5.75 Å². The van der Waals surface area contributed by atoms with Crippen LogP contribution in [0.25, 0.3) is 0 Å². The molecule has 2 N–H and O–H groups in total. The van der Waals surface area contributed by atoms with Gasteiger partial charge in [0.15, 0.2) is 0 Å². The number of urea groups is 1. The molecule has 27 heavy (non-hydrogen) atoms. The molecule has 0 aromatic heterocycles. The number of carbonyl (C=O) groups excluding carboxylic acids is 3. The lowest BCUT2D eigenvalue weighted by atomic mass is 9.63. The Morgan fingerprint density at radius 2 is 1.74 bits per heavy atom. The topological polar surface area (TPSA) is 87.7 Å². The number of hydrogen-bond acceptors (Lipinski definition) is 4. The number of rotatable bonds is 5. The van der Waals surface area contributed by atoms with Crippen molar-refractivity contribution in [2.24, 2.45) is 23.7 Å². The molecule has 1 aromatic carbocycles. The highest BCUT2D eigenvalue weighted by molar-refractivity contribution is 6.06. The second-order valence-corrected chi connectivity index (χ2v) is 7.25. The molecule has 7 nitrogen and oxygen atoms in total. The van der Waals surface area contributed by atoms with E-state index in [0.29, 0.717) is 11.4 Å². The van der Waals surface area contributed by atoms with E-state index in [1.54, 1.807) is 18.2 Å². The molecule has 1 saturated carbocycles. The largest absolute Gasteiger partial charge is 0.495 e. The summed E-state index contributed by atoms with van der Waals surface area (Å²) in [7, 11) is 1.53. The molecule has 7 heteroatoms. The molecule has 1 heterocycles. The van der Waals surface area contributed by atoms with Crippen LogP contribution in [0.2, 0.25) is 0 Å². The number of amides is 4. The summed E-state index contributed by atoms with van der Waals surface area (Å²) in [4.78, 5) is 38.9. The zero-order chi connectivity index (χ0) is 19.0. The summed E-state index contributed by atoms with van der Waals surface area (Å²) < 4.78 is 5.19. The smallest absolute Gasteiger partial charge is 0.319 e. The van der Waals surface area contributed by atoms with Crippen molar-refractivity contribution in [2.75, 3.05) is 25.5 Å². The zero-order valence-corrected chi connectivity index (χ0v) is 15.2. The number of nitrogens with zero attached hydrogens (tertiary/aromatic N) is 1. The molecule has 2 fully saturated rings. The number of imide groups is 1. The fraction of sp³-hybridized carbons (Fsp3) is 0.450. The molecule has 5 rings (SSSR count). The first kappa shape index (κ1) is 17.6. The van der Waals surface area contributed by atoms with E-state index in [1.807, 2.05) is 6.07 Å². The minimum Gasteiger partial charge on any atom is -0.495 e.